The SMILES string of the molecule is Cc1ccc(Nc2cc(C)ccc2C(=O)NCCCO)c(F)c1. The van der Waals surface area contributed by atoms with Gasteiger partial charge in [0.25, 0.3) is 5.91 Å². The van der Waals surface area contributed by atoms with E-state index in [1.54, 1.807) is 18.2 Å². The van der Waals surface area contributed by atoms with Crippen molar-refractivity contribution in [1.29, 1.82) is 0 Å². The van der Waals surface area contributed by atoms with E-state index in [2.05, 4.69) is 10.6 Å². The minimum absolute atomic E-state index is 0.0217. The Kier molecular flexibility index (Phi) is 5.71. The quantitative estimate of drug-likeness (QED) is 0.717. The van der Waals surface area contributed by atoms with E-state index in [-0.39, 0.29) is 18.3 Å². The van der Waals surface area contributed by atoms with Crippen LogP contribution in [0.4, 0.5) is 15.8 Å². The fraction of sp³-hybridized carbons (Fsp3) is 0.278. The molecule has 0 radical (unpaired) electrons. The highest BCUT2D eigenvalue weighted by atomic mass is 19.1. The molecule has 2 aromatic carbocycles. The molecule has 0 aliphatic heterocycles. The fourth-order valence-corrected chi connectivity index (χ4v) is 2.20. The van der Waals surface area contributed by atoms with Gasteiger partial charge in [0.15, 0.2) is 0 Å². The Labute approximate surface area is 135 Å². The summed E-state index contributed by atoms with van der Waals surface area (Å²) in [7, 11) is 0. The van der Waals surface area contributed by atoms with Crippen molar-refractivity contribution < 1.29 is 14.3 Å². The predicted octanol–water partition coefficient (Wildman–Crippen LogP) is 3.30. The summed E-state index contributed by atoms with van der Waals surface area (Å²) >= 11 is 0. The molecular formula is C18H21FN2O2. The molecule has 4 nitrogen and oxygen atoms in total. The normalized spacial score (nSPS) is 10.4. The van der Waals surface area contributed by atoms with Gasteiger partial charge < -0.3 is 15.7 Å². The average molecular weight is 316 g/mol. The average Bonchev–Trinajstić information content (AvgIpc) is 2.50. The van der Waals surface area contributed by atoms with E-state index >= 15 is 0 Å². The number of hydrogen-bond acceptors (Lipinski definition) is 3. The minimum atomic E-state index is -0.363. The van der Waals surface area contributed by atoms with Crippen molar-refractivity contribution in [2.24, 2.45) is 0 Å². The summed E-state index contributed by atoms with van der Waals surface area (Å²) < 4.78 is 14.0. The lowest BCUT2D eigenvalue weighted by Crippen LogP contribution is -2.25. The lowest BCUT2D eigenvalue weighted by Gasteiger charge is -2.14. The molecule has 0 heterocycles. The van der Waals surface area contributed by atoms with E-state index in [1.165, 1.54) is 6.07 Å². The highest BCUT2D eigenvalue weighted by Crippen LogP contribution is 2.25. The summed E-state index contributed by atoms with van der Waals surface area (Å²) in [5.41, 5.74) is 3.11. The number of carbonyl (C=O) groups is 1. The lowest BCUT2D eigenvalue weighted by atomic mass is 10.1. The van der Waals surface area contributed by atoms with E-state index in [4.69, 9.17) is 5.11 Å². The van der Waals surface area contributed by atoms with Crippen LogP contribution in [0.2, 0.25) is 0 Å². The number of aryl methyl sites for hydroxylation is 2. The van der Waals surface area contributed by atoms with Gasteiger partial charge in [0.2, 0.25) is 0 Å². The molecule has 0 aliphatic rings. The molecule has 5 heteroatoms. The first-order valence-electron chi connectivity index (χ1n) is 7.54. The van der Waals surface area contributed by atoms with E-state index in [0.29, 0.717) is 29.9 Å². The molecule has 2 aromatic rings. The molecule has 0 aromatic heterocycles. The van der Waals surface area contributed by atoms with E-state index < -0.39 is 0 Å². The number of amides is 1. The third-order valence-electron chi connectivity index (χ3n) is 3.43. The van der Waals surface area contributed by atoms with Crippen molar-refractivity contribution in [2.45, 2.75) is 20.3 Å². The summed E-state index contributed by atoms with van der Waals surface area (Å²) in [5.74, 6) is -0.619. The van der Waals surface area contributed by atoms with Gasteiger partial charge in [-0.15, -0.1) is 0 Å². The molecule has 3 N–H and O–H groups in total. The third kappa shape index (κ3) is 4.53. The van der Waals surface area contributed by atoms with Gasteiger partial charge in [-0.1, -0.05) is 12.1 Å². The molecule has 0 bridgehead atoms. The van der Waals surface area contributed by atoms with Crippen LogP contribution < -0.4 is 10.6 Å². The Balaban J connectivity index is 2.26. The van der Waals surface area contributed by atoms with Gasteiger partial charge in [-0.3, -0.25) is 4.79 Å². The monoisotopic (exact) mass is 316 g/mol. The fourth-order valence-electron chi connectivity index (χ4n) is 2.20. The van der Waals surface area contributed by atoms with Crippen LogP contribution in [0.15, 0.2) is 36.4 Å². The van der Waals surface area contributed by atoms with Crippen LogP contribution in [0.1, 0.15) is 27.9 Å². The maximum absolute atomic E-state index is 14.0. The van der Waals surface area contributed by atoms with Crippen molar-refractivity contribution in [3.8, 4) is 0 Å². The van der Waals surface area contributed by atoms with Gasteiger partial charge in [-0.05, 0) is 55.7 Å². The van der Waals surface area contributed by atoms with Crippen molar-refractivity contribution in [2.75, 3.05) is 18.5 Å². The summed E-state index contributed by atoms with van der Waals surface area (Å²) in [6.07, 6.45) is 0.493. The van der Waals surface area contributed by atoms with Gasteiger partial charge in [-0.25, -0.2) is 4.39 Å². The van der Waals surface area contributed by atoms with Crippen LogP contribution >= 0.6 is 0 Å². The van der Waals surface area contributed by atoms with E-state index in [9.17, 15) is 9.18 Å². The van der Waals surface area contributed by atoms with Gasteiger partial charge >= 0.3 is 0 Å². The molecule has 0 spiro atoms. The molecule has 0 fully saturated rings. The smallest absolute Gasteiger partial charge is 0.253 e. The second-order valence-electron chi connectivity index (χ2n) is 5.49. The molecule has 0 atom stereocenters. The molecule has 0 unspecified atom stereocenters. The number of carbonyl (C=O) groups excluding carboxylic acids is 1. The van der Waals surface area contributed by atoms with Crippen molar-refractivity contribution in [1.82, 2.24) is 5.32 Å². The van der Waals surface area contributed by atoms with Crippen LogP contribution in [0, 0.1) is 19.7 Å². The number of benzene rings is 2. The van der Waals surface area contributed by atoms with Gasteiger partial charge in [-0.2, -0.15) is 0 Å². The molecular weight excluding hydrogens is 295 g/mol. The maximum Gasteiger partial charge on any atom is 0.253 e. The minimum Gasteiger partial charge on any atom is -0.396 e. The summed E-state index contributed by atoms with van der Waals surface area (Å²) in [6.45, 7) is 4.14. The van der Waals surface area contributed by atoms with Crippen LogP contribution in [0.3, 0.4) is 0 Å². The standard InChI is InChI=1S/C18H21FN2O2/c1-12-5-7-16(15(19)10-12)21-17-11-13(2)4-6-14(17)18(23)20-8-3-9-22/h4-7,10-11,21-22H,3,8-9H2,1-2H3,(H,20,23). The number of nitrogens with one attached hydrogen (secondary N) is 2. The summed E-state index contributed by atoms with van der Waals surface area (Å²) in [5, 5.41) is 14.5. The number of anilines is 2. The Morgan fingerprint density at radius 3 is 2.48 bits per heavy atom. The first-order chi connectivity index (χ1) is 11.0. The molecule has 122 valence electrons. The van der Waals surface area contributed by atoms with Crippen LogP contribution in [0.5, 0.6) is 0 Å². The predicted molar refractivity (Wildman–Crippen MR) is 89.6 cm³/mol. The number of hydrogen-bond donors (Lipinski definition) is 3. The highest BCUT2D eigenvalue weighted by molar-refractivity contribution is 6.00. The maximum atomic E-state index is 14.0. The molecule has 0 aliphatic carbocycles. The third-order valence-corrected chi connectivity index (χ3v) is 3.43. The summed E-state index contributed by atoms with van der Waals surface area (Å²) in [6, 6.07) is 10.2. The molecule has 1 amide bonds. The molecule has 0 saturated heterocycles. The van der Waals surface area contributed by atoms with E-state index in [1.807, 2.05) is 26.0 Å². The van der Waals surface area contributed by atoms with Crippen LogP contribution in [0.25, 0.3) is 0 Å². The zero-order valence-corrected chi connectivity index (χ0v) is 13.3. The number of rotatable bonds is 6. The second kappa shape index (κ2) is 7.74. The van der Waals surface area contributed by atoms with Crippen LogP contribution in [-0.4, -0.2) is 24.2 Å². The Hall–Kier alpha value is -2.40. The van der Waals surface area contributed by atoms with Gasteiger partial charge in [0, 0.05) is 13.2 Å². The highest BCUT2D eigenvalue weighted by Gasteiger charge is 2.13. The topological polar surface area (TPSA) is 61.4 Å². The zero-order valence-electron chi connectivity index (χ0n) is 13.3. The Morgan fingerprint density at radius 1 is 1.09 bits per heavy atom. The van der Waals surface area contributed by atoms with Gasteiger partial charge in [0.1, 0.15) is 5.82 Å². The Bertz CT molecular complexity index is 701. The summed E-state index contributed by atoms with van der Waals surface area (Å²) in [4.78, 5) is 12.3. The second-order valence-corrected chi connectivity index (χ2v) is 5.49. The molecule has 0 saturated carbocycles. The Morgan fingerprint density at radius 2 is 1.78 bits per heavy atom. The largest absolute Gasteiger partial charge is 0.396 e. The van der Waals surface area contributed by atoms with Crippen LogP contribution in [-0.2, 0) is 0 Å². The van der Waals surface area contributed by atoms with E-state index in [0.717, 1.165) is 11.1 Å². The number of halogens is 1. The lowest BCUT2D eigenvalue weighted by molar-refractivity contribution is 0.0952. The van der Waals surface area contributed by atoms with Crippen molar-refractivity contribution in [3.63, 3.8) is 0 Å². The zero-order chi connectivity index (χ0) is 16.8. The number of aliphatic hydroxyl groups excluding tert-OH is 1. The molecule has 23 heavy (non-hydrogen) atoms. The molecule has 2 rings (SSSR count). The van der Waals surface area contributed by atoms with Crippen molar-refractivity contribution in [3.05, 3.63) is 58.9 Å². The first-order valence-corrected chi connectivity index (χ1v) is 7.54. The van der Waals surface area contributed by atoms with Gasteiger partial charge in [0.05, 0.1) is 16.9 Å². The number of aliphatic hydroxyl groups is 1. The van der Waals surface area contributed by atoms with Crippen molar-refractivity contribution >= 4 is 17.3 Å². The first kappa shape index (κ1) is 17.0.